The molecule has 6 heteroatoms. The average molecular weight is 271 g/mol. The number of amides is 1. The molecule has 0 saturated carbocycles. The minimum atomic E-state index is -1.89. The molecule has 1 aromatic carbocycles. The van der Waals surface area contributed by atoms with Crippen molar-refractivity contribution in [1.29, 1.82) is 0 Å². The van der Waals surface area contributed by atoms with Crippen molar-refractivity contribution >= 4 is 23.0 Å². The van der Waals surface area contributed by atoms with Gasteiger partial charge in [-0.1, -0.05) is 18.2 Å². The number of anilines is 1. The van der Waals surface area contributed by atoms with Crippen LogP contribution in [0.5, 0.6) is 0 Å². The Hall–Kier alpha value is -1.24. The second-order valence-electron chi connectivity index (χ2n) is 3.90. The van der Waals surface area contributed by atoms with E-state index >= 15 is 0 Å². The van der Waals surface area contributed by atoms with Crippen LogP contribution in [0.3, 0.4) is 0 Å². The highest BCUT2D eigenvalue weighted by Gasteiger charge is 2.13. The Morgan fingerprint density at radius 2 is 1.94 bits per heavy atom. The van der Waals surface area contributed by atoms with Gasteiger partial charge in [-0.25, -0.2) is 0 Å². The van der Waals surface area contributed by atoms with Gasteiger partial charge >= 0.3 is 11.4 Å². The molecule has 0 aliphatic carbocycles. The molecule has 0 bridgehead atoms. The molecule has 0 N–H and O–H groups in total. The molecule has 5 nitrogen and oxygen atoms in total. The Bertz CT molecular complexity index is 408. The van der Waals surface area contributed by atoms with Gasteiger partial charge < -0.3 is 4.90 Å². The van der Waals surface area contributed by atoms with Crippen LogP contribution in [0.25, 0.3) is 0 Å². The molecule has 100 valence electrons. The van der Waals surface area contributed by atoms with Gasteiger partial charge in [-0.3, -0.25) is 13.2 Å². The maximum Gasteiger partial charge on any atom is 0.305 e. The highest BCUT2D eigenvalue weighted by atomic mass is 32.2. The van der Waals surface area contributed by atoms with Gasteiger partial charge in [0.2, 0.25) is 0 Å². The number of carbonyl (C=O) groups excluding carboxylic acids is 1. The summed E-state index contributed by atoms with van der Waals surface area (Å²) in [5.74, 6) is -0.290. The van der Waals surface area contributed by atoms with Crippen molar-refractivity contribution in [3.63, 3.8) is 0 Å². The number of benzene rings is 1. The lowest BCUT2D eigenvalue weighted by Crippen LogP contribution is -2.30. The molecule has 1 aromatic rings. The standard InChI is InChI=1S/C12H17NO4S/c1-10(2)17-18(15)16-9-12(14)13(3)11-7-5-4-6-8-11/h4-8,10H,9H2,1-3H3. The first-order valence-corrected chi connectivity index (χ1v) is 6.54. The van der Waals surface area contributed by atoms with Gasteiger partial charge in [-0.05, 0) is 26.0 Å². The highest BCUT2D eigenvalue weighted by Crippen LogP contribution is 2.11. The fourth-order valence-corrected chi connectivity index (χ4v) is 1.74. The van der Waals surface area contributed by atoms with Crippen molar-refractivity contribution in [1.82, 2.24) is 0 Å². The van der Waals surface area contributed by atoms with Crippen LogP contribution in [0.4, 0.5) is 5.69 Å². The van der Waals surface area contributed by atoms with Gasteiger partial charge in [0.1, 0.15) is 6.61 Å². The molecule has 0 heterocycles. The van der Waals surface area contributed by atoms with Crippen molar-refractivity contribution < 1.29 is 17.4 Å². The maximum atomic E-state index is 11.7. The van der Waals surface area contributed by atoms with E-state index in [0.29, 0.717) is 0 Å². The molecule has 0 fully saturated rings. The molecular formula is C12H17NO4S. The van der Waals surface area contributed by atoms with E-state index in [1.54, 1.807) is 33.0 Å². The zero-order valence-corrected chi connectivity index (χ0v) is 11.5. The first-order valence-electron chi connectivity index (χ1n) is 5.54. The van der Waals surface area contributed by atoms with Crippen LogP contribution in [0, 0.1) is 0 Å². The van der Waals surface area contributed by atoms with Crippen molar-refractivity contribution in [2.75, 3.05) is 18.6 Å². The molecule has 0 aliphatic heterocycles. The second-order valence-corrected chi connectivity index (χ2v) is 4.74. The molecule has 1 unspecified atom stereocenters. The lowest BCUT2D eigenvalue weighted by atomic mass is 10.3. The van der Waals surface area contributed by atoms with E-state index in [2.05, 4.69) is 0 Å². The zero-order chi connectivity index (χ0) is 13.5. The largest absolute Gasteiger partial charge is 0.313 e. The number of para-hydroxylation sites is 1. The highest BCUT2D eigenvalue weighted by molar-refractivity contribution is 7.75. The van der Waals surface area contributed by atoms with E-state index in [0.717, 1.165) is 5.69 Å². The molecular weight excluding hydrogens is 254 g/mol. The zero-order valence-electron chi connectivity index (χ0n) is 10.7. The third kappa shape index (κ3) is 4.95. The van der Waals surface area contributed by atoms with E-state index in [1.165, 1.54) is 4.90 Å². The van der Waals surface area contributed by atoms with Gasteiger partial charge in [0.25, 0.3) is 5.91 Å². The topological polar surface area (TPSA) is 55.8 Å². The Kier molecular flexibility index (Phi) is 5.97. The third-order valence-corrected chi connectivity index (χ3v) is 2.92. The van der Waals surface area contributed by atoms with Crippen molar-refractivity contribution in [2.24, 2.45) is 0 Å². The number of nitrogens with zero attached hydrogens (tertiary/aromatic N) is 1. The smallest absolute Gasteiger partial charge is 0.305 e. The SMILES string of the molecule is CC(C)OS(=O)OCC(=O)N(C)c1ccccc1. The van der Waals surface area contributed by atoms with E-state index in [1.807, 2.05) is 18.2 Å². The molecule has 0 radical (unpaired) electrons. The minimum Gasteiger partial charge on any atom is -0.313 e. The lowest BCUT2D eigenvalue weighted by molar-refractivity contribution is -0.120. The molecule has 18 heavy (non-hydrogen) atoms. The monoisotopic (exact) mass is 271 g/mol. The Labute approximate surface area is 110 Å². The van der Waals surface area contributed by atoms with Gasteiger partial charge in [-0.15, -0.1) is 0 Å². The summed E-state index contributed by atoms with van der Waals surface area (Å²) < 4.78 is 20.9. The van der Waals surface area contributed by atoms with Crippen LogP contribution in [-0.4, -0.2) is 29.9 Å². The predicted molar refractivity (Wildman–Crippen MR) is 70.2 cm³/mol. The average Bonchev–Trinajstić information content (AvgIpc) is 2.35. The van der Waals surface area contributed by atoms with Crippen molar-refractivity contribution in [2.45, 2.75) is 20.0 Å². The van der Waals surface area contributed by atoms with Crippen LogP contribution in [0.2, 0.25) is 0 Å². The normalized spacial score (nSPS) is 12.4. The van der Waals surface area contributed by atoms with Crippen molar-refractivity contribution in [3.8, 4) is 0 Å². The summed E-state index contributed by atoms with van der Waals surface area (Å²) >= 11 is -1.89. The summed E-state index contributed by atoms with van der Waals surface area (Å²) in [6, 6.07) is 9.14. The number of carbonyl (C=O) groups is 1. The number of likely N-dealkylation sites (N-methyl/N-ethyl adjacent to an activating group) is 1. The molecule has 0 aromatic heterocycles. The fraction of sp³-hybridized carbons (Fsp3) is 0.417. The first-order chi connectivity index (χ1) is 8.50. The summed E-state index contributed by atoms with van der Waals surface area (Å²) in [4.78, 5) is 13.2. The van der Waals surface area contributed by atoms with Gasteiger partial charge in [-0.2, -0.15) is 4.21 Å². The lowest BCUT2D eigenvalue weighted by Gasteiger charge is -2.16. The van der Waals surface area contributed by atoms with Crippen molar-refractivity contribution in [3.05, 3.63) is 30.3 Å². The Morgan fingerprint density at radius 1 is 1.33 bits per heavy atom. The molecule has 0 spiro atoms. The number of hydrogen-bond acceptors (Lipinski definition) is 4. The third-order valence-electron chi connectivity index (χ3n) is 2.07. The van der Waals surface area contributed by atoms with Gasteiger partial charge in [0, 0.05) is 12.7 Å². The Morgan fingerprint density at radius 3 is 2.50 bits per heavy atom. The van der Waals surface area contributed by atoms with Crippen LogP contribution < -0.4 is 4.90 Å². The van der Waals surface area contributed by atoms with Crippen LogP contribution in [-0.2, 0) is 24.5 Å². The van der Waals surface area contributed by atoms with E-state index in [4.69, 9.17) is 8.37 Å². The van der Waals surface area contributed by atoms with E-state index in [9.17, 15) is 9.00 Å². The molecule has 0 saturated heterocycles. The fourth-order valence-electron chi connectivity index (χ4n) is 1.18. The van der Waals surface area contributed by atoms with Gasteiger partial charge in [0.15, 0.2) is 0 Å². The van der Waals surface area contributed by atoms with Crippen LogP contribution in [0.1, 0.15) is 13.8 Å². The maximum absolute atomic E-state index is 11.7. The summed E-state index contributed by atoms with van der Waals surface area (Å²) in [6.45, 7) is 3.18. The number of hydrogen-bond donors (Lipinski definition) is 0. The number of rotatable bonds is 6. The molecule has 1 atom stereocenters. The molecule has 1 rings (SSSR count). The second kappa shape index (κ2) is 7.25. The van der Waals surface area contributed by atoms with Crippen LogP contribution >= 0.6 is 0 Å². The summed E-state index contributed by atoms with van der Waals surface area (Å²) in [7, 11) is 1.63. The summed E-state index contributed by atoms with van der Waals surface area (Å²) in [5, 5.41) is 0. The molecule has 1 amide bonds. The van der Waals surface area contributed by atoms with Crippen LogP contribution in [0.15, 0.2) is 30.3 Å². The predicted octanol–water partition coefficient (Wildman–Crippen LogP) is 1.67. The van der Waals surface area contributed by atoms with E-state index < -0.39 is 11.4 Å². The summed E-state index contributed by atoms with van der Waals surface area (Å²) in [5.41, 5.74) is 0.752. The quantitative estimate of drug-likeness (QED) is 0.789. The molecule has 0 aliphatic rings. The summed E-state index contributed by atoms with van der Waals surface area (Å²) in [6.07, 6.45) is -0.215. The Balaban J connectivity index is 2.44. The van der Waals surface area contributed by atoms with Gasteiger partial charge in [0.05, 0.1) is 6.10 Å². The van der Waals surface area contributed by atoms with E-state index in [-0.39, 0.29) is 18.6 Å². The first kappa shape index (κ1) is 14.8. The minimum absolute atomic E-state index is 0.215.